The number of aromatic nitrogens is 4. The first-order valence-electron chi connectivity index (χ1n) is 9.57. The number of carbonyl (C=O) groups is 1. The van der Waals surface area contributed by atoms with E-state index >= 15 is 0 Å². The summed E-state index contributed by atoms with van der Waals surface area (Å²) >= 11 is 1.41. The molecule has 1 aromatic carbocycles. The number of nitrogens with zero attached hydrogens (tertiary/aromatic N) is 4. The fourth-order valence-electron chi connectivity index (χ4n) is 3.05. The quantitative estimate of drug-likeness (QED) is 0.485. The average molecular weight is 420 g/mol. The molecule has 0 spiro atoms. The average Bonchev–Trinajstić information content (AvgIpc) is 3.40. The molecular formula is C22H21N5O2S. The van der Waals surface area contributed by atoms with Crippen molar-refractivity contribution in [3.05, 3.63) is 64.5 Å². The van der Waals surface area contributed by atoms with Crippen molar-refractivity contribution in [2.75, 3.05) is 5.32 Å². The van der Waals surface area contributed by atoms with E-state index in [0.717, 1.165) is 11.3 Å². The summed E-state index contributed by atoms with van der Waals surface area (Å²) in [7, 11) is 0. The van der Waals surface area contributed by atoms with Crippen molar-refractivity contribution in [1.82, 2.24) is 20.1 Å². The highest BCUT2D eigenvalue weighted by Crippen LogP contribution is 2.29. The number of anilines is 1. The van der Waals surface area contributed by atoms with Gasteiger partial charge in [0.2, 0.25) is 17.6 Å². The maximum atomic E-state index is 12.3. The van der Waals surface area contributed by atoms with Crippen molar-refractivity contribution >= 4 is 22.4 Å². The van der Waals surface area contributed by atoms with E-state index in [1.54, 1.807) is 12.3 Å². The lowest BCUT2D eigenvalue weighted by molar-refractivity contribution is -0.116. The summed E-state index contributed by atoms with van der Waals surface area (Å²) in [6, 6.07) is 9.78. The number of thiazole rings is 1. The van der Waals surface area contributed by atoms with E-state index in [1.807, 2.05) is 17.5 Å². The van der Waals surface area contributed by atoms with Crippen LogP contribution in [0.15, 0.2) is 46.4 Å². The molecule has 0 saturated carbocycles. The zero-order valence-electron chi connectivity index (χ0n) is 17.0. The topological polar surface area (TPSA) is 93.8 Å². The highest BCUT2D eigenvalue weighted by Gasteiger charge is 2.14. The Balaban J connectivity index is 1.36. The molecule has 0 aliphatic rings. The summed E-state index contributed by atoms with van der Waals surface area (Å²) in [5.41, 5.74) is 6.23. The Labute approximate surface area is 178 Å². The van der Waals surface area contributed by atoms with E-state index in [4.69, 9.17) is 4.52 Å². The Morgan fingerprint density at radius 2 is 1.90 bits per heavy atom. The standard InChI is InChI=1S/C22H21N5O2S/c1-13-10-15(3)16(11-14(13)2)18-12-30-22(24-18)25-19(28)7-8-20-26-21(27-29-20)17-6-4-5-9-23-17/h4-6,9-12H,7-8H2,1-3H3,(H,24,25,28). The van der Waals surface area contributed by atoms with Crippen molar-refractivity contribution in [3.63, 3.8) is 0 Å². The van der Waals surface area contributed by atoms with E-state index in [-0.39, 0.29) is 12.3 Å². The molecule has 0 bridgehead atoms. The van der Waals surface area contributed by atoms with Crippen LogP contribution in [0.3, 0.4) is 0 Å². The van der Waals surface area contributed by atoms with Crippen LogP contribution in [0.2, 0.25) is 0 Å². The van der Waals surface area contributed by atoms with Gasteiger partial charge in [0.05, 0.1) is 5.69 Å². The molecule has 0 fully saturated rings. The molecule has 7 nitrogen and oxygen atoms in total. The van der Waals surface area contributed by atoms with E-state index in [2.05, 4.69) is 58.3 Å². The minimum atomic E-state index is -0.148. The molecule has 0 aliphatic carbocycles. The van der Waals surface area contributed by atoms with E-state index in [9.17, 15) is 4.79 Å². The second-order valence-corrected chi connectivity index (χ2v) is 7.92. The summed E-state index contributed by atoms with van der Waals surface area (Å²) in [5.74, 6) is 0.668. The van der Waals surface area contributed by atoms with Gasteiger partial charge >= 0.3 is 0 Å². The lowest BCUT2D eigenvalue weighted by atomic mass is 9.99. The minimum Gasteiger partial charge on any atom is -0.339 e. The predicted molar refractivity (Wildman–Crippen MR) is 116 cm³/mol. The molecule has 0 radical (unpaired) electrons. The van der Waals surface area contributed by atoms with E-state index in [1.165, 1.54) is 28.0 Å². The number of amides is 1. The van der Waals surface area contributed by atoms with Gasteiger partial charge in [-0.2, -0.15) is 4.98 Å². The predicted octanol–water partition coefficient (Wildman–Crippen LogP) is 4.75. The monoisotopic (exact) mass is 419 g/mol. The number of nitrogens with one attached hydrogen (secondary N) is 1. The first-order valence-corrected chi connectivity index (χ1v) is 10.4. The number of hydrogen-bond donors (Lipinski definition) is 1. The number of carbonyl (C=O) groups excluding carboxylic acids is 1. The van der Waals surface area contributed by atoms with Crippen LogP contribution in [-0.4, -0.2) is 26.0 Å². The van der Waals surface area contributed by atoms with Gasteiger partial charge in [0, 0.05) is 30.0 Å². The van der Waals surface area contributed by atoms with Gasteiger partial charge in [0.15, 0.2) is 5.13 Å². The Kier molecular flexibility index (Phi) is 5.67. The highest BCUT2D eigenvalue weighted by atomic mass is 32.1. The van der Waals surface area contributed by atoms with E-state index < -0.39 is 0 Å². The maximum absolute atomic E-state index is 12.3. The normalized spacial score (nSPS) is 10.9. The van der Waals surface area contributed by atoms with Crippen LogP contribution in [0.1, 0.15) is 29.0 Å². The Bertz CT molecular complexity index is 1180. The first-order chi connectivity index (χ1) is 14.5. The minimum absolute atomic E-state index is 0.148. The molecule has 8 heteroatoms. The van der Waals surface area contributed by atoms with Crippen molar-refractivity contribution < 1.29 is 9.32 Å². The number of pyridine rings is 1. The molecule has 152 valence electrons. The smallest absolute Gasteiger partial charge is 0.227 e. The molecule has 0 aliphatic heterocycles. The molecule has 0 atom stereocenters. The Hall–Kier alpha value is -3.39. The van der Waals surface area contributed by atoms with Gasteiger partial charge in [-0.1, -0.05) is 17.3 Å². The van der Waals surface area contributed by atoms with Crippen molar-refractivity contribution in [2.24, 2.45) is 0 Å². The summed E-state index contributed by atoms with van der Waals surface area (Å²) < 4.78 is 5.22. The van der Waals surface area contributed by atoms with Gasteiger partial charge in [-0.3, -0.25) is 9.78 Å². The summed E-state index contributed by atoms with van der Waals surface area (Å²) in [4.78, 5) is 25.4. The molecule has 3 heterocycles. The van der Waals surface area contributed by atoms with Crippen LogP contribution >= 0.6 is 11.3 Å². The van der Waals surface area contributed by atoms with Gasteiger partial charge < -0.3 is 9.84 Å². The lowest BCUT2D eigenvalue weighted by Gasteiger charge is -2.07. The van der Waals surface area contributed by atoms with Crippen LogP contribution in [0.4, 0.5) is 5.13 Å². The summed E-state index contributed by atoms with van der Waals surface area (Å²) in [5, 5.41) is 9.31. The number of aryl methyl sites for hydroxylation is 4. The zero-order chi connectivity index (χ0) is 21.1. The zero-order valence-corrected chi connectivity index (χ0v) is 17.8. The molecular weight excluding hydrogens is 398 g/mol. The number of rotatable bonds is 6. The van der Waals surface area contributed by atoms with Gasteiger partial charge in [-0.05, 0) is 55.7 Å². The molecule has 1 N–H and O–H groups in total. The lowest BCUT2D eigenvalue weighted by Crippen LogP contribution is -2.12. The fourth-order valence-corrected chi connectivity index (χ4v) is 3.78. The van der Waals surface area contributed by atoms with Gasteiger partial charge in [0.1, 0.15) is 5.69 Å². The molecule has 4 aromatic rings. The number of benzene rings is 1. The fraction of sp³-hybridized carbons (Fsp3) is 0.227. The maximum Gasteiger partial charge on any atom is 0.227 e. The Morgan fingerprint density at radius 3 is 2.70 bits per heavy atom. The molecule has 4 rings (SSSR count). The molecule has 3 aromatic heterocycles. The van der Waals surface area contributed by atoms with Gasteiger partial charge in [0.25, 0.3) is 0 Å². The second kappa shape index (κ2) is 8.54. The summed E-state index contributed by atoms with van der Waals surface area (Å²) in [6.07, 6.45) is 2.24. The highest BCUT2D eigenvalue weighted by molar-refractivity contribution is 7.14. The van der Waals surface area contributed by atoms with Gasteiger partial charge in [-0.15, -0.1) is 11.3 Å². The summed E-state index contributed by atoms with van der Waals surface area (Å²) in [6.45, 7) is 6.26. The second-order valence-electron chi connectivity index (χ2n) is 7.06. The van der Waals surface area contributed by atoms with Crippen molar-refractivity contribution in [2.45, 2.75) is 33.6 Å². The van der Waals surface area contributed by atoms with Crippen LogP contribution in [0.5, 0.6) is 0 Å². The van der Waals surface area contributed by atoms with E-state index in [0.29, 0.717) is 29.0 Å². The van der Waals surface area contributed by atoms with Crippen LogP contribution < -0.4 is 5.32 Å². The third-order valence-electron chi connectivity index (χ3n) is 4.80. The van der Waals surface area contributed by atoms with Crippen LogP contribution in [0.25, 0.3) is 22.8 Å². The molecule has 1 amide bonds. The molecule has 30 heavy (non-hydrogen) atoms. The van der Waals surface area contributed by atoms with Gasteiger partial charge in [-0.25, -0.2) is 4.98 Å². The first kappa shape index (κ1) is 19.9. The van der Waals surface area contributed by atoms with Crippen LogP contribution in [0, 0.1) is 20.8 Å². The molecule has 0 unspecified atom stereocenters. The van der Waals surface area contributed by atoms with Crippen molar-refractivity contribution in [3.8, 4) is 22.8 Å². The third-order valence-corrected chi connectivity index (χ3v) is 5.55. The van der Waals surface area contributed by atoms with Crippen LogP contribution in [-0.2, 0) is 11.2 Å². The number of hydrogen-bond acceptors (Lipinski definition) is 7. The largest absolute Gasteiger partial charge is 0.339 e. The van der Waals surface area contributed by atoms with Crippen molar-refractivity contribution in [1.29, 1.82) is 0 Å². The third kappa shape index (κ3) is 4.44. The SMILES string of the molecule is Cc1cc(C)c(-c2csc(NC(=O)CCc3nc(-c4ccccn4)no3)n2)cc1C. The Morgan fingerprint density at radius 1 is 1.07 bits per heavy atom. The molecule has 0 saturated heterocycles.